The third kappa shape index (κ3) is 3.09. The summed E-state index contributed by atoms with van der Waals surface area (Å²) in [7, 11) is 0. The van der Waals surface area contributed by atoms with E-state index in [0.29, 0.717) is 10.7 Å². The normalized spacial score (nSPS) is 10.8. The number of rotatable bonds is 5. The second kappa shape index (κ2) is 5.98. The molecule has 0 atom stereocenters. The number of halogens is 2. The fraction of sp³-hybridized carbons (Fsp3) is 0.308. The summed E-state index contributed by atoms with van der Waals surface area (Å²) >= 11 is 5.98. The zero-order valence-corrected chi connectivity index (χ0v) is 10.9. The third-order valence-electron chi connectivity index (χ3n) is 2.53. The number of nitrogens with one attached hydrogen (secondary N) is 1. The molecule has 18 heavy (non-hydrogen) atoms. The van der Waals surface area contributed by atoms with E-state index in [1.165, 1.54) is 12.1 Å². The standard InChI is InChI=1S/C13H15ClFN3/c1-2-6-16-9-11-5-7-18(17-11)13-4-3-10(15)8-12(13)14/h3-5,7-8,16H,2,6,9H2,1H3. The van der Waals surface area contributed by atoms with E-state index in [1.807, 2.05) is 12.3 Å². The maximum atomic E-state index is 12.9. The van der Waals surface area contributed by atoms with Gasteiger partial charge in [-0.1, -0.05) is 18.5 Å². The predicted octanol–water partition coefficient (Wildman–Crippen LogP) is 3.16. The molecule has 1 aromatic carbocycles. The van der Waals surface area contributed by atoms with Crippen LogP contribution in [-0.4, -0.2) is 16.3 Å². The molecule has 1 heterocycles. The maximum absolute atomic E-state index is 12.9. The highest BCUT2D eigenvalue weighted by atomic mass is 35.5. The van der Waals surface area contributed by atoms with Crippen LogP contribution in [0.4, 0.5) is 4.39 Å². The van der Waals surface area contributed by atoms with Gasteiger partial charge < -0.3 is 5.32 Å². The van der Waals surface area contributed by atoms with Crippen molar-refractivity contribution in [3.63, 3.8) is 0 Å². The Morgan fingerprint density at radius 2 is 2.22 bits per heavy atom. The second-order valence-electron chi connectivity index (χ2n) is 4.02. The van der Waals surface area contributed by atoms with Crippen molar-refractivity contribution in [3.05, 3.63) is 47.0 Å². The van der Waals surface area contributed by atoms with Crippen LogP contribution >= 0.6 is 11.6 Å². The largest absolute Gasteiger partial charge is 0.311 e. The smallest absolute Gasteiger partial charge is 0.124 e. The molecule has 2 rings (SSSR count). The Hall–Kier alpha value is -1.39. The average Bonchev–Trinajstić information content (AvgIpc) is 2.78. The zero-order chi connectivity index (χ0) is 13.0. The topological polar surface area (TPSA) is 29.9 Å². The summed E-state index contributed by atoms with van der Waals surface area (Å²) < 4.78 is 14.6. The van der Waals surface area contributed by atoms with Crippen LogP contribution in [0.5, 0.6) is 0 Å². The summed E-state index contributed by atoms with van der Waals surface area (Å²) in [5, 5.41) is 8.01. The molecule has 96 valence electrons. The van der Waals surface area contributed by atoms with E-state index < -0.39 is 0 Å². The van der Waals surface area contributed by atoms with E-state index in [9.17, 15) is 4.39 Å². The van der Waals surface area contributed by atoms with Gasteiger partial charge in [-0.05, 0) is 37.2 Å². The van der Waals surface area contributed by atoms with Gasteiger partial charge >= 0.3 is 0 Å². The molecule has 0 fully saturated rings. The van der Waals surface area contributed by atoms with Crippen LogP contribution in [0.3, 0.4) is 0 Å². The number of hydrogen-bond donors (Lipinski definition) is 1. The molecular formula is C13H15ClFN3. The Balaban J connectivity index is 2.13. The molecule has 0 saturated heterocycles. The summed E-state index contributed by atoms with van der Waals surface area (Å²) in [4.78, 5) is 0. The quantitative estimate of drug-likeness (QED) is 0.844. The molecular weight excluding hydrogens is 253 g/mol. The van der Waals surface area contributed by atoms with Crippen molar-refractivity contribution in [2.24, 2.45) is 0 Å². The Labute approximate surface area is 111 Å². The van der Waals surface area contributed by atoms with Crippen LogP contribution < -0.4 is 5.32 Å². The molecule has 2 aromatic rings. The fourth-order valence-corrected chi connectivity index (χ4v) is 1.90. The second-order valence-corrected chi connectivity index (χ2v) is 4.43. The van der Waals surface area contributed by atoms with Gasteiger partial charge in [-0.2, -0.15) is 5.10 Å². The van der Waals surface area contributed by atoms with Gasteiger partial charge in [-0.15, -0.1) is 0 Å². The molecule has 5 heteroatoms. The van der Waals surface area contributed by atoms with Gasteiger partial charge in [0.2, 0.25) is 0 Å². The maximum Gasteiger partial charge on any atom is 0.124 e. The molecule has 1 aromatic heterocycles. The SMILES string of the molecule is CCCNCc1ccn(-c2ccc(F)cc2Cl)n1. The molecule has 0 radical (unpaired) electrons. The molecule has 1 N–H and O–H groups in total. The van der Waals surface area contributed by atoms with Crippen LogP contribution in [0.2, 0.25) is 5.02 Å². The Bertz CT molecular complexity index is 525. The van der Waals surface area contributed by atoms with Gasteiger partial charge in [-0.25, -0.2) is 9.07 Å². The number of nitrogens with zero attached hydrogens (tertiary/aromatic N) is 2. The van der Waals surface area contributed by atoms with E-state index >= 15 is 0 Å². The average molecular weight is 268 g/mol. The van der Waals surface area contributed by atoms with Crippen LogP contribution in [0.15, 0.2) is 30.5 Å². The Morgan fingerprint density at radius 1 is 1.39 bits per heavy atom. The van der Waals surface area contributed by atoms with Crippen molar-refractivity contribution >= 4 is 11.6 Å². The van der Waals surface area contributed by atoms with E-state index in [2.05, 4.69) is 17.3 Å². The van der Waals surface area contributed by atoms with E-state index in [-0.39, 0.29) is 5.82 Å². The van der Waals surface area contributed by atoms with Gasteiger partial charge in [0, 0.05) is 12.7 Å². The molecule has 0 unspecified atom stereocenters. The van der Waals surface area contributed by atoms with Gasteiger partial charge in [0.15, 0.2) is 0 Å². The van der Waals surface area contributed by atoms with E-state index in [0.717, 1.165) is 25.2 Å². The zero-order valence-electron chi connectivity index (χ0n) is 10.2. The monoisotopic (exact) mass is 267 g/mol. The van der Waals surface area contributed by atoms with Gasteiger partial charge in [0.05, 0.1) is 16.4 Å². The molecule has 3 nitrogen and oxygen atoms in total. The Kier molecular flexibility index (Phi) is 4.33. The third-order valence-corrected chi connectivity index (χ3v) is 2.84. The number of aromatic nitrogens is 2. The fourth-order valence-electron chi connectivity index (χ4n) is 1.65. The van der Waals surface area contributed by atoms with Crippen molar-refractivity contribution in [3.8, 4) is 5.69 Å². The summed E-state index contributed by atoms with van der Waals surface area (Å²) in [5.74, 6) is -0.347. The minimum Gasteiger partial charge on any atom is -0.311 e. The first-order chi connectivity index (χ1) is 8.70. The molecule has 0 aliphatic carbocycles. The van der Waals surface area contributed by atoms with Gasteiger partial charge in [-0.3, -0.25) is 0 Å². The minimum absolute atomic E-state index is 0.347. The molecule has 0 saturated carbocycles. The van der Waals surface area contributed by atoms with Crippen molar-refractivity contribution in [2.75, 3.05) is 6.54 Å². The van der Waals surface area contributed by atoms with Crippen LogP contribution in [0.25, 0.3) is 5.69 Å². The van der Waals surface area contributed by atoms with Crippen molar-refractivity contribution in [1.82, 2.24) is 15.1 Å². The van der Waals surface area contributed by atoms with Crippen molar-refractivity contribution < 1.29 is 4.39 Å². The molecule has 0 spiro atoms. The first-order valence-electron chi connectivity index (χ1n) is 5.91. The van der Waals surface area contributed by atoms with Crippen LogP contribution in [0.1, 0.15) is 19.0 Å². The molecule has 0 amide bonds. The lowest BCUT2D eigenvalue weighted by Gasteiger charge is -2.04. The summed E-state index contributed by atoms with van der Waals surface area (Å²) in [5.41, 5.74) is 1.61. The van der Waals surface area contributed by atoms with Gasteiger partial charge in [0.25, 0.3) is 0 Å². The number of benzene rings is 1. The minimum atomic E-state index is -0.347. The van der Waals surface area contributed by atoms with Gasteiger partial charge in [0.1, 0.15) is 5.82 Å². The highest BCUT2D eigenvalue weighted by Gasteiger charge is 2.06. The predicted molar refractivity (Wildman–Crippen MR) is 70.5 cm³/mol. The summed E-state index contributed by atoms with van der Waals surface area (Å²) in [6.45, 7) is 3.80. The first kappa shape index (κ1) is 13.1. The lowest BCUT2D eigenvalue weighted by Crippen LogP contribution is -2.14. The van der Waals surface area contributed by atoms with Crippen molar-refractivity contribution in [1.29, 1.82) is 0 Å². The molecule has 0 bridgehead atoms. The summed E-state index contributed by atoms with van der Waals surface area (Å²) in [6, 6.07) is 6.20. The Morgan fingerprint density at radius 3 is 2.94 bits per heavy atom. The van der Waals surface area contributed by atoms with E-state index in [1.54, 1.807) is 10.7 Å². The van der Waals surface area contributed by atoms with E-state index in [4.69, 9.17) is 11.6 Å². The first-order valence-corrected chi connectivity index (χ1v) is 6.29. The number of hydrogen-bond acceptors (Lipinski definition) is 2. The molecule has 0 aliphatic heterocycles. The lowest BCUT2D eigenvalue weighted by atomic mass is 10.3. The highest BCUT2D eigenvalue weighted by Crippen LogP contribution is 2.20. The van der Waals surface area contributed by atoms with Crippen molar-refractivity contribution in [2.45, 2.75) is 19.9 Å². The van der Waals surface area contributed by atoms with Crippen LogP contribution in [-0.2, 0) is 6.54 Å². The highest BCUT2D eigenvalue weighted by molar-refractivity contribution is 6.32. The molecule has 0 aliphatic rings. The lowest BCUT2D eigenvalue weighted by molar-refractivity contribution is 0.626. The van der Waals surface area contributed by atoms with Crippen LogP contribution in [0, 0.1) is 5.82 Å². The summed E-state index contributed by atoms with van der Waals surface area (Å²) in [6.07, 6.45) is 2.91.